The smallest absolute Gasteiger partial charge is 0.354 e. The predicted molar refractivity (Wildman–Crippen MR) is 68.1 cm³/mol. The number of carboxylic acid groups (broad SMARTS) is 1. The number of amides is 1. The predicted octanol–water partition coefficient (Wildman–Crippen LogP) is 1.74. The zero-order valence-electron chi connectivity index (χ0n) is 10.1. The molecule has 2 aromatic heterocycles. The van der Waals surface area contributed by atoms with Gasteiger partial charge in [-0.15, -0.1) is 0 Å². The maximum absolute atomic E-state index is 11.9. The minimum atomic E-state index is -1.11. The Morgan fingerprint density at radius 2 is 2.00 bits per heavy atom. The summed E-state index contributed by atoms with van der Waals surface area (Å²) >= 11 is 0. The van der Waals surface area contributed by atoms with E-state index >= 15 is 0 Å². The van der Waals surface area contributed by atoms with Crippen molar-refractivity contribution in [2.75, 3.05) is 5.32 Å². The van der Waals surface area contributed by atoms with E-state index in [0.717, 1.165) is 5.56 Å². The molecule has 0 radical (unpaired) electrons. The third kappa shape index (κ3) is 3.12. The number of nitrogens with one attached hydrogen (secondary N) is 1. The van der Waals surface area contributed by atoms with E-state index in [-0.39, 0.29) is 11.6 Å². The molecule has 0 saturated carbocycles. The molecule has 2 aromatic rings. The first-order valence-corrected chi connectivity index (χ1v) is 5.48. The first-order chi connectivity index (χ1) is 9.06. The Labute approximate surface area is 109 Å². The number of rotatable bonds is 3. The molecular formula is C13H11N3O3. The Balaban J connectivity index is 2.13. The average Bonchev–Trinajstić information content (AvgIpc) is 2.39. The molecule has 0 spiro atoms. The van der Waals surface area contributed by atoms with Crippen molar-refractivity contribution in [1.29, 1.82) is 0 Å². The van der Waals surface area contributed by atoms with Gasteiger partial charge in [0.1, 0.15) is 5.69 Å². The number of aryl methyl sites for hydroxylation is 1. The van der Waals surface area contributed by atoms with Gasteiger partial charge in [0.05, 0.1) is 17.4 Å². The lowest BCUT2D eigenvalue weighted by atomic mass is 10.2. The van der Waals surface area contributed by atoms with E-state index in [4.69, 9.17) is 5.11 Å². The maximum Gasteiger partial charge on any atom is 0.354 e. The van der Waals surface area contributed by atoms with E-state index in [0.29, 0.717) is 11.3 Å². The van der Waals surface area contributed by atoms with Crippen molar-refractivity contribution in [2.24, 2.45) is 0 Å². The van der Waals surface area contributed by atoms with Gasteiger partial charge in [-0.25, -0.2) is 9.78 Å². The highest BCUT2D eigenvalue weighted by atomic mass is 16.4. The van der Waals surface area contributed by atoms with Crippen molar-refractivity contribution in [1.82, 2.24) is 9.97 Å². The lowest BCUT2D eigenvalue weighted by Gasteiger charge is -2.05. The van der Waals surface area contributed by atoms with Crippen LogP contribution in [0.3, 0.4) is 0 Å². The quantitative estimate of drug-likeness (QED) is 0.873. The molecule has 0 aliphatic heterocycles. The van der Waals surface area contributed by atoms with Gasteiger partial charge in [-0.05, 0) is 30.7 Å². The molecule has 2 heterocycles. The minimum absolute atomic E-state index is 0.0739. The number of pyridine rings is 2. The Bertz CT molecular complexity index is 623. The van der Waals surface area contributed by atoms with Gasteiger partial charge in [0, 0.05) is 12.4 Å². The van der Waals surface area contributed by atoms with Crippen LogP contribution in [0.1, 0.15) is 26.4 Å². The molecule has 96 valence electrons. The molecule has 0 saturated heterocycles. The molecule has 19 heavy (non-hydrogen) atoms. The van der Waals surface area contributed by atoms with E-state index in [1.165, 1.54) is 24.5 Å². The van der Waals surface area contributed by atoms with E-state index in [9.17, 15) is 9.59 Å². The van der Waals surface area contributed by atoms with Crippen LogP contribution in [0.4, 0.5) is 5.69 Å². The third-order valence-corrected chi connectivity index (χ3v) is 2.38. The average molecular weight is 257 g/mol. The number of carbonyl (C=O) groups excluding carboxylic acids is 1. The zero-order valence-corrected chi connectivity index (χ0v) is 10.1. The van der Waals surface area contributed by atoms with Gasteiger partial charge in [-0.1, -0.05) is 0 Å². The Kier molecular flexibility index (Phi) is 3.51. The Morgan fingerprint density at radius 3 is 2.58 bits per heavy atom. The second kappa shape index (κ2) is 5.26. The maximum atomic E-state index is 11.9. The molecule has 2 N–H and O–H groups in total. The van der Waals surface area contributed by atoms with E-state index < -0.39 is 5.97 Å². The molecule has 0 atom stereocenters. The van der Waals surface area contributed by atoms with Crippen molar-refractivity contribution < 1.29 is 14.7 Å². The van der Waals surface area contributed by atoms with Crippen LogP contribution in [0.15, 0.2) is 36.8 Å². The Hall–Kier alpha value is -2.76. The molecular weight excluding hydrogens is 246 g/mol. The number of nitrogens with zero attached hydrogens (tertiary/aromatic N) is 2. The van der Waals surface area contributed by atoms with Crippen molar-refractivity contribution >= 4 is 17.6 Å². The standard InChI is InChI=1S/C13H11N3O3/c1-8-4-9(6-14-5-8)12(17)16-10-2-3-11(13(18)19)15-7-10/h2-7H,1H3,(H,16,17)(H,18,19). The highest BCUT2D eigenvalue weighted by Gasteiger charge is 2.08. The van der Waals surface area contributed by atoms with Gasteiger partial charge in [0.2, 0.25) is 0 Å². The Morgan fingerprint density at radius 1 is 1.21 bits per heavy atom. The van der Waals surface area contributed by atoms with Crippen molar-refractivity contribution in [3.8, 4) is 0 Å². The fourth-order valence-corrected chi connectivity index (χ4v) is 1.48. The number of carboxylic acids is 1. The first-order valence-electron chi connectivity index (χ1n) is 5.48. The number of anilines is 1. The molecule has 0 aliphatic carbocycles. The van der Waals surface area contributed by atoms with Crippen LogP contribution in [0.5, 0.6) is 0 Å². The van der Waals surface area contributed by atoms with Crippen LogP contribution in [-0.2, 0) is 0 Å². The molecule has 6 heteroatoms. The summed E-state index contributed by atoms with van der Waals surface area (Å²) in [5, 5.41) is 11.3. The van der Waals surface area contributed by atoms with Gasteiger partial charge in [-0.3, -0.25) is 9.78 Å². The highest BCUT2D eigenvalue weighted by molar-refractivity contribution is 6.04. The highest BCUT2D eigenvalue weighted by Crippen LogP contribution is 2.09. The lowest BCUT2D eigenvalue weighted by molar-refractivity contribution is 0.0690. The molecule has 0 aromatic carbocycles. The van der Waals surface area contributed by atoms with Gasteiger partial charge < -0.3 is 10.4 Å². The summed E-state index contributed by atoms with van der Waals surface area (Å²) in [6.45, 7) is 1.84. The third-order valence-electron chi connectivity index (χ3n) is 2.38. The largest absolute Gasteiger partial charge is 0.477 e. The van der Waals surface area contributed by atoms with Crippen LogP contribution in [0.25, 0.3) is 0 Å². The number of hydrogen-bond acceptors (Lipinski definition) is 4. The lowest BCUT2D eigenvalue weighted by Crippen LogP contribution is -2.13. The van der Waals surface area contributed by atoms with Crippen molar-refractivity contribution in [3.63, 3.8) is 0 Å². The van der Waals surface area contributed by atoms with Crippen molar-refractivity contribution in [2.45, 2.75) is 6.92 Å². The number of aromatic nitrogens is 2. The minimum Gasteiger partial charge on any atom is -0.477 e. The second-order valence-electron chi connectivity index (χ2n) is 3.94. The van der Waals surface area contributed by atoms with E-state index in [1.807, 2.05) is 6.92 Å². The van der Waals surface area contributed by atoms with Gasteiger partial charge in [0.25, 0.3) is 5.91 Å². The molecule has 0 bridgehead atoms. The van der Waals surface area contributed by atoms with E-state index in [1.54, 1.807) is 12.3 Å². The summed E-state index contributed by atoms with van der Waals surface area (Å²) < 4.78 is 0. The molecule has 6 nitrogen and oxygen atoms in total. The van der Waals surface area contributed by atoms with Crippen LogP contribution >= 0.6 is 0 Å². The normalized spacial score (nSPS) is 9.95. The molecule has 0 unspecified atom stereocenters. The number of hydrogen-bond donors (Lipinski definition) is 2. The first kappa shape index (κ1) is 12.7. The van der Waals surface area contributed by atoms with Crippen molar-refractivity contribution in [3.05, 3.63) is 53.6 Å². The monoisotopic (exact) mass is 257 g/mol. The van der Waals surface area contributed by atoms with Crippen LogP contribution in [0.2, 0.25) is 0 Å². The van der Waals surface area contributed by atoms with Crippen LogP contribution < -0.4 is 5.32 Å². The second-order valence-corrected chi connectivity index (χ2v) is 3.94. The van der Waals surface area contributed by atoms with Gasteiger partial charge in [-0.2, -0.15) is 0 Å². The SMILES string of the molecule is Cc1cncc(C(=O)Nc2ccc(C(=O)O)nc2)c1. The molecule has 2 rings (SSSR count). The summed E-state index contributed by atoms with van der Waals surface area (Å²) in [4.78, 5) is 30.2. The number of carbonyl (C=O) groups is 2. The molecule has 0 fully saturated rings. The summed E-state index contributed by atoms with van der Waals surface area (Å²) in [5.41, 5.74) is 1.67. The fourth-order valence-electron chi connectivity index (χ4n) is 1.48. The molecule has 1 amide bonds. The zero-order chi connectivity index (χ0) is 13.8. The number of aromatic carboxylic acids is 1. The summed E-state index contributed by atoms with van der Waals surface area (Å²) in [6.07, 6.45) is 4.41. The summed E-state index contributed by atoms with van der Waals surface area (Å²) in [5.74, 6) is -1.43. The van der Waals surface area contributed by atoms with E-state index in [2.05, 4.69) is 15.3 Å². The van der Waals surface area contributed by atoms with Crippen LogP contribution in [0, 0.1) is 6.92 Å². The molecule has 0 aliphatic rings. The summed E-state index contributed by atoms with van der Waals surface area (Å²) in [7, 11) is 0. The topological polar surface area (TPSA) is 92.2 Å². The fraction of sp³-hybridized carbons (Fsp3) is 0.0769. The van der Waals surface area contributed by atoms with Crippen LogP contribution in [-0.4, -0.2) is 27.0 Å². The summed E-state index contributed by atoms with van der Waals surface area (Å²) in [6, 6.07) is 4.52. The van der Waals surface area contributed by atoms with Gasteiger partial charge >= 0.3 is 5.97 Å². The van der Waals surface area contributed by atoms with Gasteiger partial charge in [0.15, 0.2) is 0 Å².